The van der Waals surface area contributed by atoms with E-state index < -0.39 is 11.9 Å². The molecule has 0 aliphatic heterocycles. The minimum Gasteiger partial charge on any atom is -0.494 e. The van der Waals surface area contributed by atoms with Crippen LogP contribution in [0.4, 0.5) is 5.69 Å². The first kappa shape index (κ1) is 27.9. The molecule has 0 spiro atoms. The Kier molecular flexibility index (Phi) is 8.64. The van der Waals surface area contributed by atoms with Gasteiger partial charge in [-0.1, -0.05) is 24.3 Å². The zero-order valence-electron chi connectivity index (χ0n) is 22.9. The molecule has 0 unspecified atom stereocenters. The summed E-state index contributed by atoms with van der Waals surface area (Å²) in [4.78, 5) is 32.8. The van der Waals surface area contributed by atoms with Crippen molar-refractivity contribution in [2.24, 2.45) is 23.3 Å². The molecule has 1 atom stereocenters. The van der Waals surface area contributed by atoms with Gasteiger partial charge in [-0.05, 0) is 84.8 Å². The lowest BCUT2D eigenvalue weighted by atomic mass is 9.81. The number of ether oxygens (including phenoxy) is 1. The van der Waals surface area contributed by atoms with Crippen molar-refractivity contribution in [2.45, 2.75) is 38.1 Å². The number of hydrogen-bond donors (Lipinski definition) is 3. The monoisotopic (exact) mass is 554 g/mol. The summed E-state index contributed by atoms with van der Waals surface area (Å²) in [6.07, 6.45) is 6.87. The molecule has 0 bridgehead atoms. The molecule has 1 fully saturated rings. The van der Waals surface area contributed by atoms with E-state index in [0.29, 0.717) is 29.7 Å². The van der Waals surface area contributed by atoms with Crippen LogP contribution in [0.3, 0.4) is 0 Å². The number of rotatable bonds is 10. The van der Waals surface area contributed by atoms with E-state index in [1.807, 2.05) is 30.3 Å². The van der Waals surface area contributed by atoms with Gasteiger partial charge in [0.25, 0.3) is 0 Å². The fraction of sp³-hybridized carbons (Fsp3) is 0.333. The molecule has 11 heteroatoms. The topological polar surface area (TPSA) is 166 Å². The minimum absolute atomic E-state index is 0.102. The molecule has 0 saturated heterocycles. The largest absolute Gasteiger partial charge is 0.494 e. The summed E-state index contributed by atoms with van der Waals surface area (Å²) in [6.45, 7) is 0.618. The van der Waals surface area contributed by atoms with Gasteiger partial charge in [-0.3, -0.25) is 19.5 Å². The van der Waals surface area contributed by atoms with Crippen LogP contribution >= 0.6 is 0 Å². The zero-order chi connectivity index (χ0) is 28.8. The predicted octanol–water partition coefficient (Wildman–Crippen LogP) is 3.13. The number of H-pyrrole nitrogens is 1. The van der Waals surface area contributed by atoms with Crippen molar-refractivity contribution in [3.05, 3.63) is 72.6 Å². The Morgan fingerprint density at radius 2 is 1.73 bits per heavy atom. The van der Waals surface area contributed by atoms with Gasteiger partial charge in [0, 0.05) is 35.3 Å². The van der Waals surface area contributed by atoms with E-state index >= 15 is 0 Å². The number of methoxy groups -OCH3 is 1. The second-order valence-corrected chi connectivity index (χ2v) is 10.3. The van der Waals surface area contributed by atoms with Crippen LogP contribution in [0, 0.1) is 11.8 Å². The summed E-state index contributed by atoms with van der Waals surface area (Å²) < 4.78 is 5.45. The van der Waals surface area contributed by atoms with E-state index in [-0.39, 0.29) is 18.2 Å². The highest BCUT2D eigenvalue weighted by molar-refractivity contribution is 6.01. The highest BCUT2D eigenvalue weighted by Crippen LogP contribution is 2.33. The molecule has 2 aromatic carbocycles. The second-order valence-electron chi connectivity index (χ2n) is 10.3. The molecule has 1 aliphatic rings. The Morgan fingerprint density at radius 1 is 1.02 bits per heavy atom. The van der Waals surface area contributed by atoms with Crippen molar-refractivity contribution >= 4 is 17.5 Å². The molecule has 4 aromatic rings. The smallest absolute Gasteiger partial charge is 0.240 e. The van der Waals surface area contributed by atoms with Crippen LogP contribution < -0.4 is 21.1 Å². The number of amides is 2. The number of pyridine rings is 1. The Balaban J connectivity index is 1.44. The van der Waals surface area contributed by atoms with Gasteiger partial charge in [0.2, 0.25) is 17.6 Å². The van der Waals surface area contributed by atoms with Gasteiger partial charge in [0.1, 0.15) is 11.8 Å². The quantitative estimate of drug-likeness (QED) is 0.269. The number of primary amides is 1. The zero-order valence-corrected chi connectivity index (χ0v) is 22.9. The molecule has 1 aliphatic carbocycles. The van der Waals surface area contributed by atoms with Crippen LogP contribution in [0.15, 0.2) is 67.0 Å². The normalized spacial score (nSPS) is 17.5. The molecule has 1 saturated carbocycles. The molecular formula is C30H34N8O3. The highest BCUT2D eigenvalue weighted by atomic mass is 16.5. The van der Waals surface area contributed by atoms with Crippen molar-refractivity contribution in [1.29, 1.82) is 0 Å². The number of nitrogens with one attached hydrogen (secondary N) is 1. The number of tetrazole rings is 1. The first-order valence-corrected chi connectivity index (χ1v) is 13.7. The molecule has 0 radical (unpaired) electrons. The van der Waals surface area contributed by atoms with Crippen LogP contribution in [0.5, 0.6) is 5.75 Å². The molecule has 2 amide bonds. The number of aromatic nitrogens is 5. The lowest BCUT2D eigenvalue weighted by Gasteiger charge is -2.35. The van der Waals surface area contributed by atoms with Crippen LogP contribution in [0.2, 0.25) is 0 Å². The maximum Gasteiger partial charge on any atom is 0.240 e. The molecular weight excluding hydrogens is 520 g/mol. The molecule has 2 aromatic heterocycles. The van der Waals surface area contributed by atoms with Gasteiger partial charge >= 0.3 is 0 Å². The van der Waals surface area contributed by atoms with E-state index in [4.69, 9.17) is 16.2 Å². The maximum atomic E-state index is 14.1. The first-order valence-electron chi connectivity index (χ1n) is 13.7. The molecule has 41 heavy (non-hydrogen) atoms. The number of benzene rings is 2. The molecule has 2 heterocycles. The Bertz CT molecular complexity index is 1450. The fourth-order valence-electron chi connectivity index (χ4n) is 5.50. The van der Waals surface area contributed by atoms with Crippen LogP contribution in [0.1, 0.15) is 31.2 Å². The van der Waals surface area contributed by atoms with Crippen molar-refractivity contribution in [1.82, 2.24) is 25.6 Å². The third-order valence-electron chi connectivity index (χ3n) is 7.85. The number of nitrogens with two attached hydrogens (primary N) is 2. The summed E-state index contributed by atoms with van der Waals surface area (Å²) in [5.74, 6) is 0.641. The van der Waals surface area contributed by atoms with Crippen LogP contribution in [0.25, 0.3) is 22.5 Å². The van der Waals surface area contributed by atoms with Crippen molar-refractivity contribution in [3.63, 3.8) is 0 Å². The van der Waals surface area contributed by atoms with Crippen LogP contribution in [-0.2, 0) is 16.0 Å². The Labute approximate surface area is 238 Å². The lowest BCUT2D eigenvalue weighted by Crippen LogP contribution is -2.52. The van der Waals surface area contributed by atoms with Gasteiger partial charge in [-0.25, -0.2) is 0 Å². The van der Waals surface area contributed by atoms with E-state index in [0.717, 1.165) is 47.9 Å². The van der Waals surface area contributed by atoms with Gasteiger partial charge in [0.05, 0.1) is 13.3 Å². The fourth-order valence-corrected chi connectivity index (χ4v) is 5.50. The van der Waals surface area contributed by atoms with Crippen molar-refractivity contribution in [2.75, 3.05) is 18.6 Å². The SMILES string of the molecule is COc1cnccc1-c1ccc(C[C@@H](C(N)=O)N(C(=O)C2CCC(CN)CC2)c2ccc(-c3nn[nH]n3)cc2)cc1. The van der Waals surface area contributed by atoms with Crippen molar-refractivity contribution < 1.29 is 14.3 Å². The van der Waals surface area contributed by atoms with Crippen molar-refractivity contribution in [3.8, 4) is 28.3 Å². The molecule has 212 valence electrons. The van der Waals surface area contributed by atoms with Gasteiger partial charge in [-0.15, -0.1) is 10.2 Å². The Hall–Kier alpha value is -4.64. The molecule has 5 rings (SSSR count). The highest BCUT2D eigenvalue weighted by Gasteiger charge is 2.36. The number of anilines is 1. The predicted molar refractivity (Wildman–Crippen MR) is 155 cm³/mol. The first-order chi connectivity index (χ1) is 20.0. The maximum absolute atomic E-state index is 14.1. The Morgan fingerprint density at radius 3 is 2.34 bits per heavy atom. The van der Waals surface area contributed by atoms with E-state index in [1.165, 1.54) is 0 Å². The van der Waals surface area contributed by atoms with E-state index in [2.05, 4.69) is 25.6 Å². The van der Waals surface area contributed by atoms with Gasteiger partial charge in [0.15, 0.2) is 0 Å². The number of aromatic amines is 1. The standard InChI is InChI=1S/C30H34N8O3/c1-41-27-18-33-15-14-25(27)21-6-2-19(3-7-21)16-26(28(32)39)38(30(40)23-8-4-20(17-31)5-9-23)24-12-10-22(11-13-24)29-34-36-37-35-29/h2-3,6-7,10-15,18,20,23,26H,4-5,8-9,16-17,31H2,1H3,(H2,32,39)(H,34,35,36,37)/t20?,23?,26-/m0/s1. The summed E-state index contributed by atoms with van der Waals surface area (Å²) in [5, 5.41) is 14.1. The summed E-state index contributed by atoms with van der Waals surface area (Å²) in [7, 11) is 1.61. The van der Waals surface area contributed by atoms with Crippen LogP contribution in [-0.4, -0.2) is 57.1 Å². The van der Waals surface area contributed by atoms with Gasteiger partial charge < -0.3 is 16.2 Å². The minimum atomic E-state index is -0.882. The lowest BCUT2D eigenvalue weighted by molar-refractivity contribution is -0.127. The summed E-state index contributed by atoms with van der Waals surface area (Å²) in [5.41, 5.74) is 15.9. The van der Waals surface area contributed by atoms with E-state index in [9.17, 15) is 9.59 Å². The summed E-state index contributed by atoms with van der Waals surface area (Å²) >= 11 is 0. The summed E-state index contributed by atoms with van der Waals surface area (Å²) in [6, 6.07) is 16.0. The third-order valence-corrected chi connectivity index (χ3v) is 7.85. The molecule has 11 nitrogen and oxygen atoms in total. The average Bonchev–Trinajstić information content (AvgIpc) is 3.56. The number of carbonyl (C=O) groups is 2. The number of carbonyl (C=O) groups excluding carboxylic acids is 2. The number of nitrogens with zero attached hydrogens (tertiary/aromatic N) is 5. The average molecular weight is 555 g/mol. The van der Waals surface area contributed by atoms with Gasteiger partial charge in [-0.2, -0.15) is 5.21 Å². The third kappa shape index (κ3) is 6.25. The van der Waals surface area contributed by atoms with E-state index in [1.54, 1.807) is 48.7 Å². The second kappa shape index (κ2) is 12.7. The number of hydrogen-bond acceptors (Lipinski definition) is 8. The molecule has 5 N–H and O–H groups in total.